The second kappa shape index (κ2) is 8.89. The second-order valence-electron chi connectivity index (χ2n) is 8.82. The monoisotopic (exact) mass is 363 g/mol. The van der Waals surface area contributed by atoms with E-state index in [9.17, 15) is 0 Å². The third-order valence-corrected chi connectivity index (χ3v) is 5.24. The molecule has 0 radical (unpaired) electrons. The van der Waals surface area contributed by atoms with Crippen LogP contribution in [0.4, 0.5) is 0 Å². The molecule has 2 heterocycles. The quantitative estimate of drug-likeness (QED) is 0.600. The minimum Gasteiger partial charge on any atom is -0.359 e. The zero-order chi connectivity index (χ0) is 19.3. The number of guanidine groups is 1. The molecule has 1 aromatic heterocycles. The van der Waals surface area contributed by atoms with Crippen LogP contribution in [0.15, 0.2) is 15.6 Å². The number of aliphatic imine (C=N–C) groups is 1. The summed E-state index contributed by atoms with van der Waals surface area (Å²) < 4.78 is 5.38. The summed E-state index contributed by atoms with van der Waals surface area (Å²) in [5.41, 5.74) is 1.07. The van der Waals surface area contributed by atoms with Crippen molar-refractivity contribution >= 4 is 5.96 Å². The van der Waals surface area contributed by atoms with Gasteiger partial charge in [0.05, 0.1) is 12.2 Å². The van der Waals surface area contributed by atoms with E-state index in [1.807, 2.05) is 6.07 Å². The lowest BCUT2D eigenvalue weighted by Gasteiger charge is -2.45. The average molecular weight is 364 g/mol. The van der Waals surface area contributed by atoms with Crippen LogP contribution in [0.3, 0.4) is 0 Å². The van der Waals surface area contributed by atoms with Gasteiger partial charge in [-0.25, -0.2) is 0 Å². The second-order valence-corrected chi connectivity index (χ2v) is 8.82. The highest BCUT2D eigenvalue weighted by molar-refractivity contribution is 5.79. The highest BCUT2D eigenvalue weighted by Gasteiger charge is 2.32. The van der Waals surface area contributed by atoms with Gasteiger partial charge in [0.2, 0.25) is 0 Å². The first-order valence-electron chi connectivity index (χ1n) is 9.86. The van der Waals surface area contributed by atoms with E-state index in [2.05, 4.69) is 67.2 Å². The van der Waals surface area contributed by atoms with Crippen molar-refractivity contribution in [3.05, 3.63) is 17.5 Å². The van der Waals surface area contributed by atoms with E-state index in [0.29, 0.717) is 12.5 Å². The molecule has 0 spiro atoms. The van der Waals surface area contributed by atoms with Crippen molar-refractivity contribution in [2.24, 2.45) is 16.8 Å². The number of hydrogen-bond acceptors (Lipinski definition) is 4. The van der Waals surface area contributed by atoms with E-state index >= 15 is 0 Å². The van der Waals surface area contributed by atoms with Crippen molar-refractivity contribution in [1.82, 2.24) is 20.7 Å². The van der Waals surface area contributed by atoms with Gasteiger partial charge >= 0.3 is 0 Å². The highest BCUT2D eigenvalue weighted by atomic mass is 16.5. The molecule has 0 saturated carbocycles. The lowest BCUT2D eigenvalue weighted by atomic mass is 9.88. The summed E-state index contributed by atoms with van der Waals surface area (Å²) >= 11 is 0. The van der Waals surface area contributed by atoms with E-state index in [1.165, 1.54) is 19.5 Å². The van der Waals surface area contributed by atoms with Crippen LogP contribution < -0.4 is 10.6 Å². The van der Waals surface area contributed by atoms with Gasteiger partial charge in [0.25, 0.3) is 0 Å². The Balaban J connectivity index is 1.85. The van der Waals surface area contributed by atoms with Gasteiger partial charge in [-0.1, -0.05) is 32.9 Å². The third kappa shape index (κ3) is 5.73. The lowest BCUT2D eigenvalue weighted by molar-refractivity contribution is 0.0483. The van der Waals surface area contributed by atoms with E-state index in [1.54, 1.807) is 7.05 Å². The van der Waals surface area contributed by atoms with Crippen molar-refractivity contribution in [3.8, 4) is 0 Å². The van der Waals surface area contributed by atoms with E-state index in [-0.39, 0.29) is 5.54 Å². The maximum absolute atomic E-state index is 5.38. The maximum Gasteiger partial charge on any atom is 0.191 e. The molecule has 1 aromatic rings. The van der Waals surface area contributed by atoms with Gasteiger partial charge in [-0.2, -0.15) is 0 Å². The fourth-order valence-corrected chi connectivity index (χ4v) is 3.64. The van der Waals surface area contributed by atoms with Gasteiger partial charge in [0.15, 0.2) is 11.7 Å². The van der Waals surface area contributed by atoms with Gasteiger partial charge in [-0.05, 0) is 38.0 Å². The fourth-order valence-electron chi connectivity index (χ4n) is 3.64. The van der Waals surface area contributed by atoms with E-state index < -0.39 is 0 Å². The molecule has 2 N–H and O–H groups in total. The first kappa shape index (κ1) is 20.7. The summed E-state index contributed by atoms with van der Waals surface area (Å²) in [7, 11) is 1.80. The normalized spacial score (nSPS) is 22.7. The van der Waals surface area contributed by atoms with Crippen LogP contribution in [-0.2, 0) is 6.54 Å². The predicted molar refractivity (Wildman–Crippen MR) is 107 cm³/mol. The largest absolute Gasteiger partial charge is 0.359 e. The van der Waals surface area contributed by atoms with Crippen LogP contribution in [0, 0.1) is 11.8 Å². The topological polar surface area (TPSA) is 65.7 Å². The molecule has 2 rings (SSSR count). The molecule has 1 saturated heterocycles. The standard InChI is InChI=1S/C20H37N5O/c1-14(2)18-9-17(26-24-18)10-22-19(21-7)23-13-20(5,6)25-11-15(3)8-16(4)12-25/h9,14-16H,8,10-13H2,1-7H3,(H2,21,22,23). The molecule has 0 amide bonds. The molecule has 0 aromatic carbocycles. The third-order valence-electron chi connectivity index (χ3n) is 5.24. The summed E-state index contributed by atoms with van der Waals surface area (Å²) in [5.74, 6) is 3.52. The zero-order valence-electron chi connectivity index (χ0n) is 17.6. The summed E-state index contributed by atoms with van der Waals surface area (Å²) in [6.45, 7) is 17.3. The Hall–Kier alpha value is -1.56. The first-order valence-corrected chi connectivity index (χ1v) is 9.86. The zero-order valence-corrected chi connectivity index (χ0v) is 17.6. The van der Waals surface area contributed by atoms with E-state index in [0.717, 1.165) is 35.8 Å². The number of piperidine rings is 1. The smallest absolute Gasteiger partial charge is 0.191 e. The molecule has 1 fully saturated rings. The molecular weight excluding hydrogens is 326 g/mol. The summed E-state index contributed by atoms with van der Waals surface area (Å²) in [6, 6.07) is 2.01. The minimum atomic E-state index is 0.0810. The molecule has 2 atom stereocenters. The number of hydrogen-bond donors (Lipinski definition) is 2. The lowest BCUT2D eigenvalue weighted by Crippen LogP contribution is -2.57. The maximum atomic E-state index is 5.38. The van der Waals surface area contributed by atoms with Gasteiger partial charge in [0, 0.05) is 38.3 Å². The molecule has 6 nitrogen and oxygen atoms in total. The molecule has 0 bridgehead atoms. The molecule has 26 heavy (non-hydrogen) atoms. The molecular formula is C20H37N5O. The van der Waals surface area contributed by atoms with E-state index in [4.69, 9.17) is 4.52 Å². The van der Waals surface area contributed by atoms with Crippen molar-refractivity contribution < 1.29 is 4.52 Å². The van der Waals surface area contributed by atoms with Crippen LogP contribution in [0.1, 0.15) is 65.3 Å². The Morgan fingerprint density at radius 2 is 1.96 bits per heavy atom. The molecule has 0 aliphatic carbocycles. The summed E-state index contributed by atoms with van der Waals surface area (Å²) in [6.07, 6.45) is 1.33. The number of nitrogens with zero attached hydrogens (tertiary/aromatic N) is 3. The van der Waals surface area contributed by atoms with Gasteiger partial charge in [0.1, 0.15) is 0 Å². The summed E-state index contributed by atoms with van der Waals surface area (Å²) in [4.78, 5) is 6.95. The SMILES string of the molecule is CN=C(NCc1cc(C(C)C)no1)NCC(C)(C)N1CC(C)CC(C)C1. The van der Waals surface area contributed by atoms with Crippen molar-refractivity contribution in [1.29, 1.82) is 0 Å². The number of aromatic nitrogens is 1. The van der Waals surface area contributed by atoms with Crippen LogP contribution in [0.5, 0.6) is 0 Å². The first-order chi connectivity index (χ1) is 12.2. The highest BCUT2D eigenvalue weighted by Crippen LogP contribution is 2.26. The van der Waals surface area contributed by atoms with Crippen molar-refractivity contribution in [3.63, 3.8) is 0 Å². The van der Waals surface area contributed by atoms with Crippen molar-refractivity contribution in [2.75, 3.05) is 26.7 Å². The number of nitrogens with one attached hydrogen (secondary N) is 2. The van der Waals surface area contributed by atoms with Crippen LogP contribution in [0.2, 0.25) is 0 Å². The van der Waals surface area contributed by atoms with Gasteiger partial charge in [-0.15, -0.1) is 0 Å². The fraction of sp³-hybridized carbons (Fsp3) is 0.800. The van der Waals surface area contributed by atoms with Crippen LogP contribution in [0.25, 0.3) is 0 Å². The Labute approximate surface area is 158 Å². The Bertz CT molecular complexity index is 583. The van der Waals surface area contributed by atoms with Crippen molar-refractivity contribution in [2.45, 2.75) is 66.0 Å². The van der Waals surface area contributed by atoms with Gasteiger partial charge < -0.3 is 15.2 Å². The average Bonchev–Trinajstić information content (AvgIpc) is 3.03. The Kier molecular flexibility index (Phi) is 7.09. The predicted octanol–water partition coefficient (Wildman–Crippen LogP) is 3.22. The summed E-state index contributed by atoms with van der Waals surface area (Å²) in [5, 5.41) is 10.9. The molecule has 2 unspecified atom stereocenters. The molecule has 6 heteroatoms. The molecule has 1 aliphatic rings. The Morgan fingerprint density at radius 1 is 1.31 bits per heavy atom. The Morgan fingerprint density at radius 3 is 2.50 bits per heavy atom. The number of likely N-dealkylation sites (tertiary alicyclic amines) is 1. The van der Waals surface area contributed by atoms with Gasteiger partial charge in [-0.3, -0.25) is 9.89 Å². The minimum absolute atomic E-state index is 0.0810. The molecule has 1 aliphatic heterocycles. The molecule has 148 valence electrons. The number of rotatable bonds is 6. The van der Waals surface area contributed by atoms with Crippen LogP contribution >= 0.6 is 0 Å². The van der Waals surface area contributed by atoms with Crippen LogP contribution in [-0.4, -0.2) is 48.2 Å².